The topological polar surface area (TPSA) is 94.8 Å². The molecule has 41 heavy (non-hydrogen) atoms. The highest BCUT2D eigenvalue weighted by Gasteiger charge is 2.22. The molecule has 0 spiro atoms. The number of nitrogens with two attached hydrogens (primary N) is 1. The van der Waals surface area contributed by atoms with Crippen LogP contribution >= 0.6 is 0 Å². The molecule has 1 saturated heterocycles. The van der Waals surface area contributed by atoms with E-state index in [1.165, 1.54) is 0 Å². The zero-order valence-corrected chi connectivity index (χ0v) is 24.9. The minimum Gasteiger partial charge on any atom is -0.367 e. The first-order valence-electron chi connectivity index (χ1n) is 14.5. The van der Waals surface area contributed by atoms with Gasteiger partial charge in [-0.1, -0.05) is 45.0 Å². The Labute approximate surface area is 244 Å². The number of pyridine rings is 1. The van der Waals surface area contributed by atoms with E-state index in [0.29, 0.717) is 31.6 Å². The van der Waals surface area contributed by atoms with E-state index in [1.807, 2.05) is 17.0 Å². The van der Waals surface area contributed by atoms with Crippen molar-refractivity contribution < 1.29 is 9.59 Å². The van der Waals surface area contributed by atoms with Crippen LogP contribution < -0.4 is 16.0 Å². The van der Waals surface area contributed by atoms with Crippen molar-refractivity contribution in [1.29, 1.82) is 0 Å². The molecule has 1 fully saturated rings. The van der Waals surface area contributed by atoms with Gasteiger partial charge in [0.25, 0.3) is 5.91 Å². The molecule has 2 heterocycles. The third-order valence-corrected chi connectivity index (χ3v) is 7.27. The maximum atomic E-state index is 13.3. The van der Waals surface area contributed by atoms with Gasteiger partial charge in [-0.25, -0.2) is 0 Å². The lowest BCUT2D eigenvalue weighted by atomic mass is 9.92. The number of amides is 2. The Kier molecular flexibility index (Phi) is 10.1. The van der Waals surface area contributed by atoms with Gasteiger partial charge in [0.2, 0.25) is 5.91 Å². The second-order valence-electron chi connectivity index (χ2n) is 12.1. The van der Waals surface area contributed by atoms with Gasteiger partial charge in [0.1, 0.15) is 0 Å². The fraction of sp³-hybridized carbons (Fsp3) is 0.424. The minimum absolute atomic E-state index is 0.0169. The summed E-state index contributed by atoms with van der Waals surface area (Å²) in [5.74, 6) is -0.0411. The van der Waals surface area contributed by atoms with Crippen LogP contribution in [-0.4, -0.2) is 72.9 Å². The van der Waals surface area contributed by atoms with Gasteiger partial charge < -0.3 is 25.8 Å². The van der Waals surface area contributed by atoms with Crippen LogP contribution in [0.4, 0.5) is 11.4 Å². The number of hydrogen-bond acceptors (Lipinski definition) is 6. The Morgan fingerprint density at radius 1 is 1.00 bits per heavy atom. The molecule has 2 aromatic carbocycles. The predicted octanol–water partition coefficient (Wildman–Crippen LogP) is 4.87. The fourth-order valence-electron chi connectivity index (χ4n) is 5.09. The third kappa shape index (κ3) is 8.62. The van der Waals surface area contributed by atoms with Crippen LogP contribution in [0.5, 0.6) is 0 Å². The Bertz CT molecular complexity index is 1310. The zero-order chi connectivity index (χ0) is 29.4. The third-order valence-electron chi connectivity index (χ3n) is 7.27. The van der Waals surface area contributed by atoms with E-state index in [2.05, 4.69) is 78.3 Å². The summed E-state index contributed by atoms with van der Waals surface area (Å²) in [6, 6.07) is 18.2. The first-order chi connectivity index (χ1) is 19.6. The molecule has 1 aliphatic rings. The highest BCUT2D eigenvalue weighted by atomic mass is 16.2. The monoisotopic (exact) mass is 556 g/mol. The molecule has 3 N–H and O–H groups in total. The second-order valence-corrected chi connectivity index (χ2v) is 12.1. The van der Waals surface area contributed by atoms with E-state index in [9.17, 15) is 9.59 Å². The number of hydrogen-bond donors (Lipinski definition) is 2. The van der Waals surface area contributed by atoms with Crippen LogP contribution in [0.1, 0.15) is 49.5 Å². The molecular weight excluding hydrogens is 512 g/mol. The molecule has 0 saturated carbocycles. The summed E-state index contributed by atoms with van der Waals surface area (Å²) in [5.41, 5.74) is 11.2. The van der Waals surface area contributed by atoms with Gasteiger partial charge in [-0.3, -0.25) is 14.6 Å². The Morgan fingerprint density at radius 3 is 2.44 bits per heavy atom. The molecule has 1 aromatic heterocycles. The van der Waals surface area contributed by atoms with Gasteiger partial charge in [0, 0.05) is 58.1 Å². The number of carbonyl (C=O) groups excluding carboxylic acids is 2. The van der Waals surface area contributed by atoms with Crippen molar-refractivity contribution in [3.63, 3.8) is 0 Å². The molecule has 0 bridgehead atoms. The Balaban J connectivity index is 1.61. The van der Waals surface area contributed by atoms with E-state index in [-0.39, 0.29) is 17.2 Å². The normalized spacial score (nSPS) is 14.1. The van der Waals surface area contributed by atoms with Crippen molar-refractivity contribution >= 4 is 23.2 Å². The molecule has 3 aromatic rings. The average Bonchev–Trinajstić information content (AvgIpc) is 2.95. The number of anilines is 2. The molecule has 2 amide bonds. The quantitative estimate of drug-likeness (QED) is 0.370. The lowest BCUT2D eigenvalue weighted by molar-refractivity contribution is -0.117. The van der Waals surface area contributed by atoms with E-state index in [4.69, 9.17) is 5.73 Å². The van der Waals surface area contributed by atoms with Crippen molar-refractivity contribution in [1.82, 2.24) is 14.8 Å². The van der Waals surface area contributed by atoms with Crippen LogP contribution in [-0.2, 0) is 11.3 Å². The predicted molar refractivity (Wildman–Crippen MR) is 167 cm³/mol. The maximum absolute atomic E-state index is 13.3. The largest absolute Gasteiger partial charge is 0.367 e. The van der Waals surface area contributed by atoms with E-state index >= 15 is 0 Å². The van der Waals surface area contributed by atoms with Crippen molar-refractivity contribution in [3.05, 3.63) is 78.1 Å². The van der Waals surface area contributed by atoms with Crippen LogP contribution in [0.25, 0.3) is 11.1 Å². The molecule has 8 heteroatoms. The highest BCUT2D eigenvalue weighted by Crippen LogP contribution is 2.33. The SMILES string of the molecule is CN1CCN(c2ccc(-c3cccc(CN(CCCN)C(=O)c4cccnc4)c3)cc2NC(=O)CC(C)(C)C)CC1. The Morgan fingerprint density at radius 2 is 1.76 bits per heavy atom. The molecule has 0 aliphatic carbocycles. The number of rotatable bonds is 10. The van der Waals surface area contributed by atoms with Gasteiger partial charge in [-0.05, 0) is 72.5 Å². The van der Waals surface area contributed by atoms with Crippen molar-refractivity contribution in [3.8, 4) is 11.1 Å². The summed E-state index contributed by atoms with van der Waals surface area (Å²) in [5, 5.41) is 3.22. The summed E-state index contributed by atoms with van der Waals surface area (Å²) >= 11 is 0. The summed E-state index contributed by atoms with van der Waals surface area (Å²) in [6.45, 7) is 11.6. The van der Waals surface area contributed by atoms with Crippen LogP contribution in [0.2, 0.25) is 0 Å². The van der Waals surface area contributed by atoms with E-state index in [1.54, 1.807) is 24.5 Å². The number of aromatic nitrogens is 1. The zero-order valence-electron chi connectivity index (χ0n) is 24.9. The lowest BCUT2D eigenvalue weighted by Gasteiger charge is -2.35. The van der Waals surface area contributed by atoms with Gasteiger partial charge in [0.15, 0.2) is 0 Å². The van der Waals surface area contributed by atoms with Gasteiger partial charge in [-0.15, -0.1) is 0 Å². The molecule has 0 atom stereocenters. The maximum Gasteiger partial charge on any atom is 0.255 e. The Hall–Kier alpha value is -3.75. The molecule has 218 valence electrons. The fourth-order valence-corrected chi connectivity index (χ4v) is 5.09. The molecule has 0 unspecified atom stereocenters. The first kappa shape index (κ1) is 30.2. The van der Waals surface area contributed by atoms with E-state index < -0.39 is 0 Å². The lowest BCUT2D eigenvalue weighted by Crippen LogP contribution is -2.44. The summed E-state index contributed by atoms with van der Waals surface area (Å²) in [7, 11) is 2.14. The van der Waals surface area contributed by atoms with Crippen molar-refractivity contribution in [2.45, 2.75) is 40.2 Å². The van der Waals surface area contributed by atoms with Crippen LogP contribution in [0.15, 0.2) is 67.0 Å². The number of nitrogens with one attached hydrogen (secondary N) is 1. The number of likely N-dealkylation sites (N-methyl/N-ethyl adjacent to an activating group) is 1. The smallest absolute Gasteiger partial charge is 0.255 e. The van der Waals surface area contributed by atoms with Crippen molar-refractivity contribution in [2.24, 2.45) is 11.1 Å². The van der Waals surface area contributed by atoms with Crippen LogP contribution in [0.3, 0.4) is 0 Å². The first-order valence-corrected chi connectivity index (χ1v) is 14.5. The molecular formula is C33H44N6O2. The summed E-state index contributed by atoms with van der Waals surface area (Å²) in [6.07, 6.45) is 4.43. The minimum atomic E-state index is -0.104. The van der Waals surface area contributed by atoms with Crippen LogP contribution in [0, 0.1) is 5.41 Å². The number of benzene rings is 2. The number of carbonyl (C=O) groups is 2. The number of piperazine rings is 1. The highest BCUT2D eigenvalue weighted by molar-refractivity contribution is 5.96. The van der Waals surface area contributed by atoms with Crippen molar-refractivity contribution in [2.75, 3.05) is 56.5 Å². The molecule has 1 aliphatic heterocycles. The summed E-state index contributed by atoms with van der Waals surface area (Å²) in [4.78, 5) is 36.9. The second kappa shape index (κ2) is 13.7. The standard InChI is InChI=1S/C33H44N6O2/c1-33(2,3)22-31(40)36-29-21-27(11-12-30(29)38-18-16-37(4)17-19-38)26-9-5-8-25(20-26)24-39(15-7-13-34)32(41)28-10-6-14-35-23-28/h5-6,8-12,14,20-21,23H,7,13,15-19,22,24,34H2,1-4H3,(H,36,40). The molecule has 4 rings (SSSR count). The molecule has 8 nitrogen and oxygen atoms in total. The average molecular weight is 557 g/mol. The van der Waals surface area contributed by atoms with Gasteiger partial charge >= 0.3 is 0 Å². The summed E-state index contributed by atoms with van der Waals surface area (Å²) < 4.78 is 0. The molecule has 0 radical (unpaired) electrons. The van der Waals surface area contributed by atoms with Gasteiger partial charge in [-0.2, -0.15) is 0 Å². The number of nitrogens with zero attached hydrogens (tertiary/aromatic N) is 4. The van der Waals surface area contributed by atoms with Gasteiger partial charge in [0.05, 0.1) is 16.9 Å². The van der Waals surface area contributed by atoms with E-state index in [0.717, 1.165) is 60.7 Å².